The fourth-order valence-corrected chi connectivity index (χ4v) is 5.30. The quantitative estimate of drug-likeness (QED) is 0.392. The van der Waals surface area contributed by atoms with E-state index in [0.717, 1.165) is 27.7 Å². The van der Waals surface area contributed by atoms with E-state index in [-0.39, 0.29) is 18.3 Å². The maximum absolute atomic E-state index is 14.4. The van der Waals surface area contributed by atoms with Gasteiger partial charge in [-0.2, -0.15) is 5.10 Å². The number of methoxy groups -OCH3 is 2. The van der Waals surface area contributed by atoms with Gasteiger partial charge in [-0.1, -0.05) is 13.8 Å². The Hall–Kier alpha value is -3.50. The summed E-state index contributed by atoms with van der Waals surface area (Å²) in [5, 5.41) is 17.4. The molecule has 1 aromatic carbocycles. The molecule has 4 heterocycles. The lowest BCUT2D eigenvalue weighted by molar-refractivity contribution is -0.153. The first-order chi connectivity index (χ1) is 17.2. The monoisotopic (exact) mass is 496 g/mol. The molecule has 2 N–H and O–H groups in total. The molecule has 9 nitrogen and oxygen atoms in total. The Balaban J connectivity index is 1.83. The van der Waals surface area contributed by atoms with Crippen LogP contribution in [0.15, 0.2) is 30.5 Å². The van der Waals surface area contributed by atoms with Crippen molar-refractivity contribution >= 4 is 28.0 Å². The molecule has 1 saturated heterocycles. The van der Waals surface area contributed by atoms with Gasteiger partial charge in [-0.3, -0.25) is 5.10 Å². The van der Waals surface area contributed by atoms with E-state index in [9.17, 15) is 14.3 Å². The summed E-state index contributed by atoms with van der Waals surface area (Å²) in [7, 11) is 3.09. The average molecular weight is 497 g/mol. The molecule has 1 unspecified atom stereocenters. The first kappa shape index (κ1) is 24.2. The molecular formula is C26H29FN4O5. The van der Waals surface area contributed by atoms with Crippen molar-refractivity contribution in [3.63, 3.8) is 0 Å². The Morgan fingerprint density at radius 2 is 2.11 bits per heavy atom. The third kappa shape index (κ3) is 4.00. The molecule has 1 fully saturated rings. The standard InChI is InChI=1S/C26H29FN4O5/c1-26(2,13-34-3)23-21(14-5-8-19(25(32)33)36-12-14)22-18(9-15-11-28-30-24(15)29-22)31(23)16-6-7-17(27)20(10-16)35-4/h6-7,9-11,14,19H,5,8,12-13H2,1-4H3,(H,32,33)(H,28,29,30)/t14-,19?/m1/s1. The van der Waals surface area contributed by atoms with Gasteiger partial charge in [-0.15, -0.1) is 0 Å². The van der Waals surface area contributed by atoms with Crippen LogP contribution in [0.5, 0.6) is 5.75 Å². The second-order valence-corrected chi connectivity index (χ2v) is 9.83. The number of H-pyrrole nitrogens is 1. The molecule has 1 aliphatic rings. The second-order valence-electron chi connectivity index (χ2n) is 9.83. The van der Waals surface area contributed by atoms with Crippen LogP contribution < -0.4 is 4.74 Å². The highest BCUT2D eigenvalue weighted by Crippen LogP contribution is 2.44. The van der Waals surface area contributed by atoms with E-state index in [4.69, 9.17) is 19.2 Å². The van der Waals surface area contributed by atoms with Gasteiger partial charge in [0.05, 0.1) is 37.6 Å². The van der Waals surface area contributed by atoms with Crippen molar-refractivity contribution in [2.75, 3.05) is 27.4 Å². The Bertz CT molecular complexity index is 1440. The molecule has 4 aromatic rings. The maximum atomic E-state index is 14.4. The fraction of sp³-hybridized carbons (Fsp3) is 0.423. The number of hydrogen-bond donors (Lipinski definition) is 2. The number of rotatable bonds is 7. The van der Waals surface area contributed by atoms with E-state index < -0.39 is 23.3 Å². The molecule has 0 spiro atoms. The zero-order valence-electron chi connectivity index (χ0n) is 20.7. The largest absolute Gasteiger partial charge is 0.494 e. The fourth-order valence-electron chi connectivity index (χ4n) is 5.30. The van der Waals surface area contributed by atoms with Gasteiger partial charge < -0.3 is 23.9 Å². The SMILES string of the molecule is COCC(C)(C)c1c([C@@H]2CCC(C(=O)O)OC2)c2nc3[nH]ncc3cc2n1-c1ccc(F)c(OC)c1. The lowest BCUT2D eigenvalue weighted by Crippen LogP contribution is -2.33. The molecule has 0 amide bonds. The molecule has 190 valence electrons. The zero-order valence-corrected chi connectivity index (χ0v) is 20.7. The van der Waals surface area contributed by atoms with Crippen LogP contribution in [0.4, 0.5) is 4.39 Å². The number of benzene rings is 1. The van der Waals surface area contributed by atoms with E-state index in [1.165, 1.54) is 13.2 Å². The zero-order chi connectivity index (χ0) is 25.6. The normalized spacial score (nSPS) is 18.7. The summed E-state index contributed by atoms with van der Waals surface area (Å²) >= 11 is 0. The number of carbonyl (C=O) groups is 1. The number of carboxylic acids is 1. The summed E-state index contributed by atoms with van der Waals surface area (Å²) in [6.45, 7) is 4.84. The third-order valence-corrected chi connectivity index (χ3v) is 6.88. The predicted octanol–water partition coefficient (Wildman–Crippen LogP) is 4.32. The molecule has 0 saturated carbocycles. The summed E-state index contributed by atoms with van der Waals surface area (Å²) in [5.74, 6) is -1.36. The van der Waals surface area contributed by atoms with Crippen molar-refractivity contribution in [1.82, 2.24) is 19.7 Å². The van der Waals surface area contributed by atoms with Crippen LogP contribution in [-0.4, -0.2) is 64.4 Å². The van der Waals surface area contributed by atoms with Crippen molar-refractivity contribution in [1.29, 1.82) is 0 Å². The summed E-state index contributed by atoms with van der Waals surface area (Å²) < 4.78 is 33.1. The van der Waals surface area contributed by atoms with Gasteiger partial charge in [0.1, 0.15) is 0 Å². The second kappa shape index (κ2) is 9.18. The van der Waals surface area contributed by atoms with Crippen LogP contribution in [-0.2, 0) is 19.7 Å². The minimum absolute atomic E-state index is 0.0919. The smallest absolute Gasteiger partial charge is 0.332 e. The number of aromatic amines is 1. The minimum Gasteiger partial charge on any atom is -0.494 e. The average Bonchev–Trinajstić information content (AvgIpc) is 3.45. The molecule has 1 aliphatic heterocycles. The summed E-state index contributed by atoms with van der Waals surface area (Å²) in [6.07, 6.45) is 1.92. The van der Waals surface area contributed by atoms with Gasteiger partial charge in [0.15, 0.2) is 23.3 Å². The molecule has 0 aliphatic carbocycles. The Morgan fingerprint density at radius 1 is 1.31 bits per heavy atom. The molecule has 0 radical (unpaired) electrons. The molecule has 10 heteroatoms. The lowest BCUT2D eigenvalue weighted by atomic mass is 9.81. The van der Waals surface area contributed by atoms with Crippen LogP contribution >= 0.6 is 0 Å². The van der Waals surface area contributed by atoms with Crippen molar-refractivity contribution in [3.8, 4) is 11.4 Å². The number of aromatic nitrogens is 4. The van der Waals surface area contributed by atoms with Crippen molar-refractivity contribution in [2.45, 2.75) is 44.1 Å². The molecular weight excluding hydrogens is 467 g/mol. The summed E-state index contributed by atoms with van der Waals surface area (Å²) in [5.41, 5.74) is 4.38. The summed E-state index contributed by atoms with van der Waals surface area (Å²) in [6, 6.07) is 6.78. The van der Waals surface area contributed by atoms with Gasteiger partial charge >= 0.3 is 5.97 Å². The number of carboxylic acid groups (broad SMARTS) is 1. The summed E-state index contributed by atoms with van der Waals surface area (Å²) in [4.78, 5) is 16.5. The van der Waals surface area contributed by atoms with Gasteiger partial charge in [0.2, 0.25) is 0 Å². The van der Waals surface area contributed by atoms with Gasteiger partial charge in [0, 0.05) is 46.8 Å². The molecule has 0 bridgehead atoms. The Kier molecular flexibility index (Phi) is 6.17. The Labute approximate surface area is 207 Å². The van der Waals surface area contributed by atoms with E-state index in [1.807, 2.05) is 6.07 Å². The van der Waals surface area contributed by atoms with Crippen LogP contribution in [0.2, 0.25) is 0 Å². The lowest BCUT2D eigenvalue weighted by Gasteiger charge is -2.32. The highest BCUT2D eigenvalue weighted by molar-refractivity contribution is 5.94. The van der Waals surface area contributed by atoms with Gasteiger partial charge in [-0.05, 0) is 31.0 Å². The number of nitrogens with zero attached hydrogens (tertiary/aromatic N) is 3. The van der Waals surface area contributed by atoms with Gasteiger partial charge in [-0.25, -0.2) is 14.2 Å². The molecule has 36 heavy (non-hydrogen) atoms. The minimum atomic E-state index is -0.952. The molecule has 5 rings (SSSR count). The van der Waals surface area contributed by atoms with Crippen molar-refractivity contribution in [2.24, 2.45) is 0 Å². The number of nitrogens with one attached hydrogen (secondary N) is 1. The van der Waals surface area contributed by atoms with Crippen LogP contribution in [0.1, 0.15) is 43.9 Å². The molecule has 3 aromatic heterocycles. The number of fused-ring (bicyclic) bond motifs is 2. The number of ether oxygens (including phenoxy) is 3. The van der Waals surface area contributed by atoms with Crippen LogP contribution in [0.3, 0.4) is 0 Å². The van der Waals surface area contributed by atoms with E-state index in [0.29, 0.717) is 30.8 Å². The van der Waals surface area contributed by atoms with Crippen molar-refractivity contribution in [3.05, 3.63) is 47.5 Å². The van der Waals surface area contributed by atoms with E-state index >= 15 is 0 Å². The van der Waals surface area contributed by atoms with E-state index in [2.05, 4.69) is 28.6 Å². The number of aliphatic carboxylic acids is 1. The predicted molar refractivity (Wildman–Crippen MR) is 131 cm³/mol. The maximum Gasteiger partial charge on any atom is 0.332 e. The van der Waals surface area contributed by atoms with Crippen molar-refractivity contribution < 1.29 is 28.5 Å². The Morgan fingerprint density at radius 3 is 2.78 bits per heavy atom. The van der Waals surface area contributed by atoms with Gasteiger partial charge in [0.25, 0.3) is 0 Å². The number of hydrogen-bond acceptors (Lipinski definition) is 6. The first-order valence-corrected chi connectivity index (χ1v) is 11.8. The first-order valence-electron chi connectivity index (χ1n) is 11.8. The third-order valence-electron chi connectivity index (χ3n) is 6.88. The van der Waals surface area contributed by atoms with Crippen LogP contribution in [0.25, 0.3) is 27.8 Å². The highest BCUT2D eigenvalue weighted by Gasteiger charge is 2.38. The number of halogens is 1. The van der Waals surface area contributed by atoms with Crippen LogP contribution in [0, 0.1) is 5.82 Å². The number of pyridine rings is 1. The topological polar surface area (TPSA) is 111 Å². The molecule has 2 atom stereocenters. The van der Waals surface area contributed by atoms with E-state index in [1.54, 1.807) is 25.4 Å². The highest BCUT2D eigenvalue weighted by atomic mass is 19.1.